The Bertz CT molecular complexity index is 399. The van der Waals surface area contributed by atoms with E-state index < -0.39 is 0 Å². The molecule has 2 unspecified atom stereocenters. The zero-order chi connectivity index (χ0) is 22.2. The van der Waals surface area contributed by atoms with Crippen molar-refractivity contribution >= 4 is 0 Å². The standard InChI is InChI=1S/C26H54N4/c1-7-12-14-24(10-4)19-29-21-26(6,28-18-17-27-16-9-3)22-30(23-29)20-25(11-5)15-13-8-2/h9,24-25,27-28H,3,7-8,10-23H2,1-2,4-6H3. The number of nitrogens with zero attached hydrogens (tertiary/aromatic N) is 2. The molecule has 2 N–H and O–H groups in total. The van der Waals surface area contributed by atoms with E-state index >= 15 is 0 Å². The highest BCUT2D eigenvalue weighted by molar-refractivity contribution is 4.94. The molecule has 4 heteroatoms. The minimum atomic E-state index is 0.167. The molecule has 0 bridgehead atoms. The molecule has 1 saturated heterocycles. The van der Waals surface area contributed by atoms with Crippen molar-refractivity contribution in [1.29, 1.82) is 0 Å². The van der Waals surface area contributed by atoms with Crippen molar-refractivity contribution in [1.82, 2.24) is 20.4 Å². The molecule has 0 aromatic rings. The Morgan fingerprint density at radius 1 is 0.900 bits per heavy atom. The predicted octanol–water partition coefficient (Wildman–Crippen LogP) is 5.12. The quantitative estimate of drug-likeness (QED) is 0.237. The predicted molar refractivity (Wildman–Crippen MR) is 134 cm³/mol. The molecular weight excluding hydrogens is 368 g/mol. The first kappa shape index (κ1) is 27.6. The van der Waals surface area contributed by atoms with Gasteiger partial charge in [-0.15, -0.1) is 6.58 Å². The highest BCUT2D eigenvalue weighted by Crippen LogP contribution is 2.23. The molecule has 0 aromatic heterocycles. The maximum atomic E-state index is 3.91. The molecular formula is C26H54N4. The van der Waals surface area contributed by atoms with Gasteiger partial charge >= 0.3 is 0 Å². The molecule has 0 amide bonds. The average molecular weight is 423 g/mol. The third-order valence-corrected chi connectivity index (χ3v) is 6.81. The summed E-state index contributed by atoms with van der Waals surface area (Å²) in [6.07, 6.45) is 12.7. The van der Waals surface area contributed by atoms with Gasteiger partial charge < -0.3 is 10.6 Å². The molecule has 0 aliphatic carbocycles. The summed E-state index contributed by atoms with van der Waals surface area (Å²) in [5.41, 5.74) is 0.167. The van der Waals surface area contributed by atoms with Crippen LogP contribution >= 0.6 is 0 Å². The Hall–Kier alpha value is -0.420. The second-order valence-electron chi connectivity index (χ2n) is 9.98. The number of rotatable bonds is 18. The van der Waals surface area contributed by atoms with E-state index in [1.807, 2.05) is 6.08 Å². The van der Waals surface area contributed by atoms with Crippen molar-refractivity contribution in [2.24, 2.45) is 11.8 Å². The van der Waals surface area contributed by atoms with E-state index in [9.17, 15) is 0 Å². The summed E-state index contributed by atoms with van der Waals surface area (Å²) in [5.74, 6) is 1.68. The molecule has 2 atom stereocenters. The largest absolute Gasteiger partial charge is 0.312 e. The molecule has 1 aliphatic heterocycles. The van der Waals surface area contributed by atoms with Crippen molar-refractivity contribution < 1.29 is 0 Å². The third-order valence-electron chi connectivity index (χ3n) is 6.81. The molecule has 0 saturated carbocycles. The Morgan fingerprint density at radius 2 is 1.43 bits per heavy atom. The van der Waals surface area contributed by atoms with Crippen LogP contribution in [0.5, 0.6) is 0 Å². The van der Waals surface area contributed by atoms with Crippen molar-refractivity contribution in [3.05, 3.63) is 12.7 Å². The highest BCUT2D eigenvalue weighted by atomic mass is 15.4. The molecule has 0 aromatic carbocycles. The van der Waals surface area contributed by atoms with Crippen LogP contribution in [-0.4, -0.2) is 67.8 Å². The smallest absolute Gasteiger partial charge is 0.0507 e. The molecule has 0 radical (unpaired) electrons. The van der Waals surface area contributed by atoms with Crippen LogP contribution in [0.2, 0.25) is 0 Å². The SMILES string of the molecule is C=CCNCCNC1(C)CN(CC(CC)CCCC)CN(CC(CC)CCCC)C1. The molecule has 1 heterocycles. The van der Waals surface area contributed by atoms with E-state index in [1.54, 1.807) is 0 Å². The molecule has 1 rings (SSSR count). The summed E-state index contributed by atoms with van der Waals surface area (Å²) < 4.78 is 0. The van der Waals surface area contributed by atoms with Gasteiger partial charge in [0.2, 0.25) is 0 Å². The van der Waals surface area contributed by atoms with Gasteiger partial charge in [0.05, 0.1) is 6.67 Å². The van der Waals surface area contributed by atoms with Crippen molar-refractivity contribution in [3.8, 4) is 0 Å². The summed E-state index contributed by atoms with van der Waals surface area (Å²) in [5, 5.41) is 7.34. The lowest BCUT2D eigenvalue weighted by molar-refractivity contribution is 0.00522. The van der Waals surface area contributed by atoms with Gasteiger partial charge in [-0.05, 0) is 31.6 Å². The third kappa shape index (κ3) is 11.3. The second kappa shape index (κ2) is 16.2. The lowest BCUT2D eigenvalue weighted by Crippen LogP contribution is -2.65. The Balaban J connectivity index is 2.74. The maximum absolute atomic E-state index is 3.91. The van der Waals surface area contributed by atoms with E-state index in [0.29, 0.717) is 0 Å². The summed E-state index contributed by atoms with van der Waals surface area (Å²) in [4.78, 5) is 5.51. The minimum Gasteiger partial charge on any atom is -0.312 e. The van der Waals surface area contributed by atoms with Gasteiger partial charge in [0, 0.05) is 51.4 Å². The van der Waals surface area contributed by atoms with Gasteiger partial charge in [-0.2, -0.15) is 0 Å². The van der Waals surface area contributed by atoms with Crippen molar-refractivity contribution in [2.45, 2.75) is 91.5 Å². The van der Waals surface area contributed by atoms with E-state index in [-0.39, 0.29) is 5.54 Å². The Kier molecular flexibility index (Phi) is 15.0. The molecule has 1 fully saturated rings. The fourth-order valence-electron chi connectivity index (χ4n) is 5.00. The molecule has 30 heavy (non-hydrogen) atoms. The molecule has 0 spiro atoms. The Morgan fingerprint density at radius 3 is 1.87 bits per heavy atom. The normalized spacial score (nSPS) is 22.8. The number of nitrogens with one attached hydrogen (secondary N) is 2. The summed E-state index contributed by atoms with van der Waals surface area (Å²) in [6, 6.07) is 0. The molecule has 178 valence electrons. The van der Waals surface area contributed by atoms with Crippen LogP contribution in [0.3, 0.4) is 0 Å². The van der Waals surface area contributed by atoms with Crippen LogP contribution < -0.4 is 10.6 Å². The zero-order valence-electron chi connectivity index (χ0n) is 21.1. The van der Waals surface area contributed by atoms with Crippen LogP contribution in [0.25, 0.3) is 0 Å². The first-order chi connectivity index (χ1) is 14.5. The van der Waals surface area contributed by atoms with E-state index in [2.05, 4.69) is 61.6 Å². The zero-order valence-corrected chi connectivity index (χ0v) is 21.1. The maximum Gasteiger partial charge on any atom is 0.0507 e. The number of hydrogen-bond acceptors (Lipinski definition) is 4. The van der Waals surface area contributed by atoms with Gasteiger partial charge in [0.25, 0.3) is 0 Å². The lowest BCUT2D eigenvalue weighted by Gasteiger charge is -2.48. The Labute approximate surface area is 189 Å². The summed E-state index contributed by atoms with van der Waals surface area (Å²) in [6.45, 7) is 24.5. The minimum absolute atomic E-state index is 0.167. The second-order valence-corrected chi connectivity index (χ2v) is 9.98. The lowest BCUT2D eigenvalue weighted by atomic mass is 9.93. The fourth-order valence-corrected chi connectivity index (χ4v) is 5.00. The van der Waals surface area contributed by atoms with Crippen molar-refractivity contribution in [2.75, 3.05) is 52.5 Å². The first-order valence-corrected chi connectivity index (χ1v) is 13.0. The van der Waals surface area contributed by atoms with Crippen LogP contribution in [0.15, 0.2) is 12.7 Å². The van der Waals surface area contributed by atoms with Crippen molar-refractivity contribution in [3.63, 3.8) is 0 Å². The first-order valence-electron chi connectivity index (χ1n) is 13.0. The van der Waals surface area contributed by atoms with Gasteiger partial charge in [-0.1, -0.05) is 72.3 Å². The van der Waals surface area contributed by atoms with Gasteiger partial charge in [-0.3, -0.25) is 9.80 Å². The van der Waals surface area contributed by atoms with E-state index in [4.69, 9.17) is 0 Å². The van der Waals surface area contributed by atoms with E-state index in [0.717, 1.165) is 38.1 Å². The van der Waals surface area contributed by atoms with E-state index in [1.165, 1.54) is 77.5 Å². The topological polar surface area (TPSA) is 30.5 Å². The summed E-state index contributed by atoms with van der Waals surface area (Å²) in [7, 11) is 0. The van der Waals surface area contributed by atoms with Gasteiger partial charge in [0.15, 0.2) is 0 Å². The fraction of sp³-hybridized carbons (Fsp3) is 0.923. The van der Waals surface area contributed by atoms with Crippen LogP contribution in [0, 0.1) is 11.8 Å². The number of hydrogen-bond donors (Lipinski definition) is 2. The molecule has 4 nitrogen and oxygen atoms in total. The van der Waals surface area contributed by atoms with Crippen LogP contribution in [0.1, 0.15) is 86.0 Å². The van der Waals surface area contributed by atoms with Crippen LogP contribution in [0.4, 0.5) is 0 Å². The highest BCUT2D eigenvalue weighted by Gasteiger charge is 2.35. The number of unbranched alkanes of at least 4 members (excludes halogenated alkanes) is 2. The van der Waals surface area contributed by atoms with Gasteiger partial charge in [0.1, 0.15) is 0 Å². The average Bonchev–Trinajstić information content (AvgIpc) is 2.73. The summed E-state index contributed by atoms with van der Waals surface area (Å²) >= 11 is 0. The molecule has 1 aliphatic rings. The van der Waals surface area contributed by atoms with Crippen LogP contribution in [-0.2, 0) is 0 Å². The van der Waals surface area contributed by atoms with Gasteiger partial charge in [-0.25, -0.2) is 0 Å². The monoisotopic (exact) mass is 422 g/mol.